The molecule has 1 aliphatic rings. The highest BCUT2D eigenvalue weighted by Crippen LogP contribution is 2.28. The number of hydrogen-bond donors (Lipinski definition) is 2. The first-order valence-electron chi connectivity index (χ1n) is 8.09. The number of carbonyl (C=O) groups excluding carboxylic acids is 1. The Morgan fingerprint density at radius 3 is 2.83 bits per heavy atom. The van der Waals surface area contributed by atoms with Crippen LogP contribution in [0.4, 0.5) is 0 Å². The Hall–Kier alpha value is -1.79. The van der Waals surface area contributed by atoms with Crippen LogP contribution in [0.25, 0.3) is 0 Å². The Morgan fingerprint density at radius 2 is 2.13 bits per heavy atom. The van der Waals surface area contributed by atoms with Crippen LogP contribution in [0.5, 0.6) is 11.5 Å². The number of methoxy groups -OCH3 is 2. The lowest BCUT2D eigenvalue weighted by atomic mass is 9.96. The van der Waals surface area contributed by atoms with E-state index in [0.29, 0.717) is 13.1 Å². The lowest BCUT2D eigenvalue weighted by molar-refractivity contribution is -0.126. The molecule has 2 rings (SSSR count). The van der Waals surface area contributed by atoms with Gasteiger partial charge in [-0.15, -0.1) is 0 Å². The number of piperidine rings is 1. The number of nitrogens with one attached hydrogen (secondary N) is 1. The maximum Gasteiger partial charge on any atom is 0.224 e. The van der Waals surface area contributed by atoms with Crippen LogP contribution in [0.2, 0.25) is 0 Å². The molecule has 0 bridgehead atoms. The van der Waals surface area contributed by atoms with Gasteiger partial charge in [0.25, 0.3) is 0 Å². The zero-order chi connectivity index (χ0) is 16.7. The molecule has 0 aromatic heterocycles. The van der Waals surface area contributed by atoms with Crippen LogP contribution in [0.15, 0.2) is 18.2 Å². The summed E-state index contributed by atoms with van der Waals surface area (Å²) in [6.07, 6.45) is 1.98. The Balaban J connectivity index is 1.95. The highest BCUT2D eigenvalue weighted by molar-refractivity contribution is 5.78. The van der Waals surface area contributed by atoms with Gasteiger partial charge in [-0.3, -0.25) is 9.69 Å². The minimum absolute atomic E-state index is 0.0513. The van der Waals surface area contributed by atoms with Crippen LogP contribution in [-0.2, 0) is 11.3 Å². The molecule has 1 aliphatic heterocycles. The van der Waals surface area contributed by atoms with E-state index in [1.54, 1.807) is 14.2 Å². The van der Waals surface area contributed by atoms with E-state index in [1.807, 2.05) is 18.2 Å². The van der Waals surface area contributed by atoms with Crippen molar-refractivity contribution in [1.29, 1.82) is 0 Å². The molecule has 6 heteroatoms. The molecule has 0 saturated carbocycles. The Labute approximate surface area is 137 Å². The fraction of sp³-hybridized carbons (Fsp3) is 0.588. The third-order valence-electron chi connectivity index (χ3n) is 4.17. The van der Waals surface area contributed by atoms with Crippen LogP contribution < -0.4 is 20.5 Å². The van der Waals surface area contributed by atoms with Gasteiger partial charge in [0.15, 0.2) is 11.5 Å². The third-order valence-corrected chi connectivity index (χ3v) is 4.17. The number of benzene rings is 1. The van der Waals surface area contributed by atoms with E-state index in [1.165, 1.54) is 0 Å². The van der Waals surface area contributed by atoms with Gasteiger partial charge in [-0.2, -0.15) is 0 Å². The first-order valence-corrected chi connectivity index (χ1v) is 8.09. The number of hydrogen-bond acceptors (Lipinski definition) is 5. The Morgan fingerprint density at radius 1 is 1.35 bits per heavy atom. The normalized spacial score (nSPS) is 18.5. The summed E-state index contributed by atoms with van der Waals surface area (Å²) in [6.45, 7) is 3.62. The number of carbonyl (C=O) groups is 1. The summed E-state index contributed by atoms with van der Waals surface area (Å²) in [7, 11) is 3.27. The van der Waals surface area contributed by atoms with E-state index in [2.05, 4.69) is 10.2 Å². The molecule has 1 amide bonds. The molecule has 1 aromatic rings. The smallest absolute Gasteiger partial charge is 0.224 e. The summed E-state index contributed by atoms with van der Waals surface area (Å²) in [5, 5.41) is 2.89. The highest BCUT2D eigenvalue weighted by Gasteiger charge is 2.25. The zero-order valence-electron chi connectivity index (χ0n) is 14.0. The van der Waals surface area contributed by atoms with Crippen LogP contribution >= 0.6 is 0 Å². The van der Waals surface area contributed by atoms with E-state index in [-0.39, 0.29) is 11.8 Å². The fourth-order valence-electron chi connectivity index (χ4n) is 2.99. The largest absolute Gasteiger partial charge is 0.493 e. The quantitative estimate of drug-likeness (QED) is 0.783. The molecule has 1 fully saturated rings. The van der Waals surface area contributed by atoms with Gasteiger partial charge < -0.3 is 20.5 Å². The molecule has 0 spiro atoms. The topological polar surface area (TPSA) is 76.8 Å². The third kappa shape index (κ3) is 4.84. The number of ether oxygens (including phenoxy) is 2. The van der Waals surface area contributed by atoms with Crippen molar-refractivity contribution >= 4 is 5.91 Å². The minimum Gasteiger partial charge on any atom is -0.493 e. The predicted octanol–water partition coefficient (Wildman–Crippen LogP) is 0.991. The van der Waals surface area contributed by atoms with Crippen molar-refractivity contribution in [2.24, 2.45) is 11.7 Å². The van der Waals surface area contributed by atoms with Crippen LogP contribution in [-0.4, -0.2) is 51.2 Å². The van der Waals surface area contributed by atoms with Crippen molar-refractivity contribution in [3.05, 3.63) is 23.8 Å². The average molecular weight is 321 g/mol. The Bertz CT molecular complexity index is 522. The lowest BCUT2D eigenvalue weighted by Crippen LogP contribution is -2.43. The summed E-state index contributed by atoms with van der Waals surface area (Å²) in [6, 6.07) is 5.96. The van der Waals surface area contributed by atoms with Gasteiger partial charge in [0.05, 0.1) is 20.1 Å². The molecule has 1 heterocycles. The summed E-state index contributed by atoms with van der Waals surface area (Å²) < 4.78 is 10.6. The van der Waals surface area contributed by atoms with Gasteiger partial charge in [0.1, 0.15) is 0 Å². The van der Waals surface area contributed by atoms with E-state index in [4.69, 9.17) is 15.2 Å². The second-order valence-corrected chi connectivity index (χ2v) is 5.84. The van der Waals surface area contributed by atoms with Gasteiger partial charge in [-0.25, -0.2) is 0 Å². The van der Waals surface area contributed by atoms with Gasteiger partial charge in [-0.1, -0.05) is 6.07 Å². The first-order chi connectivity index (χ1) is 11.2. The molecule has 1 aromatic carbocycles. The van der Waals surface area contributed by atoms with Crippen molar-refractivity contribution in [2.75, 3.05) is 40.4 Å². The predicted molar refractivity (Wildman–Crippen MR) is 89.6 cm³/mol. The fourth-order valence-corrected chi connectivity index (χ4v) is 2.99. The Kier molecular flexibility index (Phi) is 6.67. The SMILES string of the molecule is COc1ccc(CN2CCCC(C(=O)NCCN)C2)cc1OC. The number of nitrogens with two attached hydrogens (primary N) is 1. The molecular weight excluding hydrogens is 294 g/mol. The van der Waals surface area contributed by atoms with E-state index in [9.17, 15) is 4.79 Å². The van der Waals surface area contributed by atoms with E-state index < -0.39 is 0 Å². The minimum atomic E-state index is 0.0513. The van der Waals surface area contributed by atoms with Crippen molar-refractivity contribution in [3.8, 4) is 11.5 Å². The maximum absolute atomic E-state index is 12.1. The molecule has 6 nitrogen and oxygen atoms in total. The summed E-state index contributed by atoms with van der Waals surface area (Å²) in [5.74, 6) is 1.64. The monoisotopic (exact) mass is 321 g/mol. The molecule has 23 heavy (non-hydrogen) atoms. The van der Waals surface area contributed by atoms with Crippen molar-refractivity contribution in [3.63, 3.8) is 0 Å². The lowest BCUT2D eigenvalue weighted by Gasteiger charge is -2.32. The molecule has 0 aliphatic carbocycles. The van der Waals surface area contributed by atoms with Crippen LogP contribution in [0.1, 0.15) is 18.4 Å². The van der Waals surface area contributed by atoms with E-state index in [0.717, 1.165) is 49.5 Å². The van der Waals surface area contributed by atoms with Gasteiger partial charge in [-0.05, 0) is 37.1 Å². The zero-order valence-corrected chi connectivity index (χ0v) is 14.0. The molecule has 0 radical (unpaired) electrons. The van der Waals surface area contributed by atoms with Crippen LogP contribution in [0.3, 0.4) is 0 Å². The summed E-state index contributed by atoms with van der Waals surface area (Å²) in [5.41, 5.74) is 6.60. The van der Waals surface area contributed by atoms with Gasteiger partial charge in [0, 0.05) is 26.2 Å². The second kappa shape index (κ2) is 8.74. The highest BCUT2D eigenvalue weighted by atomic mass is 16.5. The van der Waals surface area contributed by atoms with Crippen molar-refractivity contribution < 1.29 is 14.3 Å². The first kappa shape index (κ1) is 17.6. The molecule has 1 saturated heterocycles. The van der Waals surface area contributed by atoms with E-state index >= 15 is 0 Å². The van der Waals surface area contributed by atoms with Crippen molar-refractivity contribution in [1.82, 2.24) is 10.2 Å². The second-order valence-electron chi connectivity index (χ2n) is 5.84. The van der Waals surface area contributed by atoms with Crippen LogP contribution in [0, 0.1) is 5.92 Å². The number of rotatable bonds is 7. The average Bonchev–Trinajstić information content (AvgIpc) is 2.59. The van der Waals surface area contributed by atoms with Gasteiger partial charge in [0.2, 0.25) is 5.91 Å². The number of likely N-dealkylation sites (tertiary alicyclic amines) is 1. The summed E-state index contributed by atoms with van der Waals surface area (Å²) in [4.78, 5) is 14.4. The molecule has 1 atom stereocenters. The molecule has 128 valence electrons. The van der Waals surface area contributed by atoms with Gasteiger partial charge >= 0.3 is 0 Å². The molecule has 1 unspecified atom stereocenters. The maximum atomic E-state index is 12.1. The molecule has 3 N–H and O–H groups in total. The summed E-state index contributed by atoms with van der Waals surface area (Å²) >= 11 is 0. The standard InChI is InChI=1S/C17H27N3O3/c1-22-15-6-5-13(10-16(15)23-2)11-20-9-3-4-14(12-20)17(21)19-8-7-18/h5-6,10,14H,3-4,7-9,11-12,18H2,1-2H3,(H,19,21). The van der Waals surface area contributed by atoms with Crippen molar-refractivity contribution in [2.45, 2.75) is 19.4 Å². The number of nitrogens with zero attached hydrogens (tertiary/aromatic N) is 1. The molecular formula is C17H27N3O3. The number of amides is 1.